The molecule has 144 valence electrons. The Morgan fingerprint density at radius 3 is 2.54 bits per heavy atom. The molecule has 0 atom stereocenters. The summed E-state index contributed by atoms with van der Waals surface area (Å²) in [5.41, 5.74) is 3.96. The van der Waals surface area contributed by atoms with E-state index in [0.29, 0.717) is 23.5 Å². The number of rotatable bonds is 3. The van der Waals surface area contributed by atoms with Gasteiger partial charge in [0.2, 0.25) is 0 Å². The molecule has 1 amide bonds. The van der Waals surface area contributed by atoms with Crippen LogP contribution < -0.4 is 5.32 Å². The summed E-state index contributed by atoms with van der Waals surface area (Å²) < 4.78 is 15.0. The van der Waals surface area contributed by atoms with E-state index >= 15 is 0 Å². The molecule has 1 saturated heterocycles. The second kappa shape index (κ2) is 7.94. The molecule has 2 aromatic carbocycles. The highest BCUT2D eigenvalue weighted by molar-refractivity contribution is 6.00. The standard InChI is InChI=1S/C22H23FN4O/c1-16-3-5-17(6-4-16)21-20(22(28)26-13-2-11-24-12-14-26)15-27(25-21)19-9-7-18(23)8-10-19/h3-10,15,24H,2,11-14H2,1H3. The SMILES string of the molecule is Cc1ccc(-c2nn(-c3ccc(F)cc3)cc2C(=O)N2CCCNCC2)cc1. The number of nitrogens with one attached hydrogen (secondary N) is 1. The van der Waals surface area contributed by atoms with Crippen molar-refractivity contribution in [3.8, 4) is 16.9 Å². The van der Waals surface area contributed by atoms with Crippen LogP contribution in [-0.2, 0) is 0 Å². The van der Waals surface area contributed by atoms with Gasteiger partial charge in [0.15, 0.2) is 0 Å². The van der Waals surface area contributed by atoms with E-state index in [2.05, 4.69) is 10.4 Å². The molecule has 0 spiro atoms. The average Bonchev–Trinajstić information content (AvgIpc) is 2.96. The van der Waals surface area contributed by atoms with Crippen molar-refractivity contribution in [2.24, 2.45) is 0 Å². The predicted octanol–water partition coefficient (Wildman–Crippen LogP) is 3.42. The van der Waals surface area contributed by atoms with Gasteiger partial charge >= 0.3 is 0 Å². The lowest BCUT2D eigenvalue weighted by Crippen LogP contribution is -2.34. The molecule has 0 unspecified atom stereocenters. The van der Waals surface area contributed by atoms with Gasteiger partial charge in [-0.1, -0.05) is 29.8 Å². The van der Waals surface area contributed by atoms with Crippen LogP contribution in [0.5, 0.6) is 0 Å². The fourth-order valence-corrected chi connectivity index (χ4v) is 3.40. The summed E-state index contributed by atoms with van der Waals surface area (Å²) in [6.07, 6.45) is 2.68. The highest BCUT2D eigenvalue weighted by Gasteiger charge is 2.24. The molecule has 5 nitrogen and oxygen atoms in total. The molecule has 1 aliphatic rings. The Kier molecular flexibility index (Phi) is 5.21. The van der Waals surface area contributed by atoms with Gasteiger partial charge < -0.3 is 10.2 Å². The van der Waals surface area contributed by atoms with Gasteiger partial charge in [-0.3, -0.25) is 4.79 Å². The number of aryl methyl sites for hydroxylation is 1. The van der Waals surface area contributed by atoms with Gasteiger partial charge in [-0.2, -0.15) is 5.10 Å². The Morgan fingerprint density at radius 2 is 1.79 bits per heavy atom. The summed E-state index contributed by atoms with van der Waals surface area (Å²) in [6.45, 7) is 5.13. The van der Waals surface area contributed by atoms with E-state index in [0.717, 1.165) is 37.2 Å². The first-order valence-corrected chi connectivity index (χ1v) is 9.54. The Balaban J connectivity index is 1.77. The molecule has 0 aliphatic carbocycles. The van der Waals surface area contributed by atoms with Crippen LogP contribution in [-0.4, -0.2) is 46.8 Å². The second-order valence-corrected chi connectivity index (χ2v) is 7.07. The number of carbonyl (C=O) groups excluding carboxylic acids is 1. The number of nitrogens with zero attached hydrogens (tertiary/aromatic N) is 3. The second-order valence-electron chi connectivity index (χ2n) is 7.07. The van der Waals surface area contributed by atoms with Crippen LogP contribution in [0.4, 0.5) is 4.39 Å². The van der Waals surface area contributed by atoms with E-state index in [4.69, 9.17) is 0 Å². The maximum Gasteiger partial charge on any atom is 0.257 e. The van der Waals surface area contributed by atoms with E-state index in [9.17, 15) is 9.18 Å². The van der Waals surface area contributed by atoms with Crippen molar-refractivity contribution >= 4 is 5.91 Å². The Hall–Kier alpha value is -2.99. The maximum absolute atomic E-state index is 13.3. The van der Waals surface area contributed by atoms with Crippen LogP contribution >= 0.6 is 0 Å². The molecule has 2 heterocycles. The highest BCUT2D eigenvalue weighted by Crippen LogP contribution is 2.26. The minimum absolute atomic E-state index is 0.0207. The summed E-state index contributed by atoms with van der Waals surface area (Å²) in [5, 5.41) is 8.00. The lowest BCUT2D eigenvalue weighted by molar-refractivity contribution is 0.0767. The van der Waals surface area contributed by atoms with Crippen molar-refractivity contribution in [2.75, 3.05) is 26.2 Å². The third kappa shape index (κ3) is 3.82. The quantitative estimate of drug-likeness (QED) is 0.760. The first-order chi connectivity index (χ1) is 13.6. The number of hydrogen-bond acceptors (Lipinski definition) is 3. The van der Waals surface area contributed by atoms with Crippen LogP contribution in [0.25, 0.3) is 16.9 Å². The summed E-state index contributed by atoms with van der Waals surface area (Å²) >= 11 is 0. The van der Waals surface area contributed by atoms with Crippen LogP contribution in [0.15, 0.2) is 54.7 Å². The monoisotopic (exact) mass is 378 g/mol. The molecule has 1 aliphatic heterocycles. The van der Waals surface area contributed by atoms with Gasteiger partial charge in [-0.25, -0.2) is 9.07 Å². The van der Waals surface area contributed by atoms with Crippen molar-refractivity contribution < 1.29 is 9.18 Å². The first-order valence-electron chi connectivity index (χ1n) is 9.54. The van der Waals surface area contributed by atoms with Gasteiger partial charge in [0, 0.05) is 31.4 Å². The summed E-state index contributed by atoms with van der Waals surface area (Å²) in [6, 6.07) is 14.1. The van der Waals surface area contributed by atoms with E-state index in [1.54, 1.807) is 23.0 Å². The normalized spacial score (nSPS) is 14.7. The number of benzene rings is 2. The molecule has 1 aromatic heterocycles. The molecule has 0 bridgehead atoms. The van der Waals surface area contributed by atoms with Crippen LogP contribution in [0, 0.1) is 12.7 Å². The molecule has 0 radical (unpaired) electrons. The van der Waals surface area contributed by atoms with Gasteiger partial charge in [0.25, 0.3) is 5.91 Å². The lowest BCUT2D eigenvalue weighted by atomic mass is 10.1. The third-order valence-corrected chi connectivity index (χ3v) is 4.99. The fraction of sp³-hybridized carbons (Fsp3) is 0.273. The molecule has 3 aromatic rings. The first kappa shape index (κ1) is 18.4. The predicted molar refractivity (Wildman–Crippen MR) is 107 cm³/mol. The minimum Gasteiger partial charge on any atom is -0.337 e. The van der Waals surface area contributed by atoms with Crippen LogP contribution in [0.1, 0.15) is 22.3 Å². The topological polar surface area (TPSA) is 50.2 Å². The van der Waals surface area contributed by atoms with Crippen molar-refractivity contribution in [1.29, 1.82) is 0 Å². The molecule has 28 heavy (non-hydrogen) atoms. The van der Waals surface area contributed by atoms with E-state index in [-0.39, 0.29) is 11.7 Å². The van der Waals surface area contributed by atoms with Gasteiger partial charge in [0.1, 0.15) is 11.5 Å². The van der Waals surface area contributed by atoms with Crippen LogP contribution in [0.3, 0.4) is 0 Å². The Morgan fingerprint density at radius 1 is 1.04 bits per heavy atom. The molecule has 4 rings (SSSR count). The van der Waals surface area contributed by atoms with Crippen molar-refractivity contribution in [3.05, 3.63) is 71.7 Å². The maximum atomic E-state index is 13.3. The largest absolute Gasteiger partial charge is 0.337 e. The summed E-state index contributed by atoms with van der Waals surface area (Å²) in [5.74, 6) is -0.323. The van der Waals surface area contributed by atoms with E-state index < -0.39 is 0 Å². The molecule has 0 saturated carbocycles. The van der Waals surface area contributed by atoms with Gasteiger partial charge in [-0.15, -0.1) is 0 Å². The van der Waals surface area contributed by atoms with Gasteiger partial charge in [-0.05, 0) is 44.2 Å². The van der Waals surface area contributed by atoms with E-state index in [1.165, 1.54) is 12.1 Å². The Labute approximate surface area is 163 Å². The zero-order valence-corrected chi connectivity index (χ0v) is 15.9. The van der Waals surface area contributed by atoms with Crippen LogP contribution in [0.2, 0.25) is 0 Å². The molecule has 1 fully saturated rings. The smallest absolute Gasteiger partial charge is 0.257 e. The van der Waals surface area contributed by atoms with Gasteiger partial charge in [0.05, 0.1) is 11.3 Å². The van der Waals surface area contributed by atoms with Crippen molar-refractivity contribution in [2.45, 2.75) is 13.3 Å². The number of hydrogen-bond donors (Lipinski definition) is 1. The molecule has 6 heteroatoms. The molecular formula is C22H23FN4O. The molecular weight excluding hydrogens is 355 g/mol. The third-order valence-electron chi connectivity index (χ3n) is 4.99. The van der Waals surface area contributed by atoms with Crippen molar-refractivity contribution in [3.63, 3.8) is 0 Å². The number of halogens is 1. The summed E-state index contributed by atoms with van der Waals surface area (Å²) in [7, 11) is 0. The average molecular weight is 378 g/mol. The molecule has 1 N–H and O–H groups in total. The zero-order chi connectivity index (χ0) is 19.5. The van der Waals surface area contributed by atoms with Crippen molar-refractivity contribution in [1.82, 2.24) is 20.0 Å². The lowest BCUT2D eigenvalue weighted by Gasteiger charge is -2.19. The van der Waals surface area contributed by atoms with E-state index in [1.807, 2.05) is 36.1 Å². The fourth-order valence-electron chi connectivity index (χ4n) is 3.40. The highest BCUT2D eigenvalue weighted by atomic mass is 19.1. The Bertz CT molecular complexity index is 955. The number of amides is 1. The summed E-state index contributed by atoms with van der Waals surface area (Å²) in [4.78, 5) is 15.2. The number of carbonyl (C=O) groups is 1. The number of aromatic nitrogens is 2. The minimum atomic E-state index is -0.303. The zero-order valence-electron chi connectivity index (χ0n) is 15.9.